The molecule has 0 fully saturated rings. The number of nitrogens with one attached hydrogen (secondary N) is 1. The lowest BCUT2D eigenvalue weighted by Gasteiger charge is -2.19. The molecule has 94 valence electrons. The van der Waals surface area contributed by atoms with Crippen molar-refractivity contribution in [1.82, 2.24) is 10.2 Å². The molecule has 0 saturated heterocycles. The van der Waals surface area contributed by atoms with Gasteiger partial charge in [-0.05, 0) is 19.5 Å². The van der Waals surface area contributed by atoms with Gasteiger partial charge in [0.05, 0.1) is 0 Å². The van der Waals surface area contributed by atoms with Crippen molar-refractivity contribution in [2.24, 2.45) is 0 Å². The number of aliphatic hydroxyl groups excluding tert-OH is 1. The smallest absolute Gasteiger partial charge is 0.0443 e. The fourth-order valence-electron chi connectivity index (χ4n) is 1.14. The monoisotopic (exact) mass is 218 g/mol. The van der Waals surface area contributed by atoms with Crippen LogP contribution in [0.1, 0.15) is 40.5 Å². The van der Waals surface area contributed by atoms with E-state index in [1.165, 1.54) is 6.42 Å². The van der Waals surface area contributed by atoms with Crippen molar-refractivity contribution in [3.63, 3.8) is 0 Å². The Balaban J connectivity index is 0. The molecule has 0 atom stereocenters. The van der Waals surface area contributed by atoms with E-state index in [4.69, 9.17) is 5.11 Å². The van der Waals surface area contributed by atoms with Gasteiger partial charge < -0.3 is 15.3 Å². The van der Waals surface area contributed by atoms with Gasteiger partial charge in [-0.15, -0.1) is 0 Å². The van der Waals surface area contributed by atoms with Gasteiger partial charge in [0.2, 0.25) is 0 Å². The minimum absolute atomic E-state index is 0.303. The highest BCUT2D eigenvalue weighted by molar-refractivity contribution is 4.56. The van der Waals surface area contributed by atoms with Crippen molar-refractivity contribution in [2.45, 2.75) is 40.5 Å². The van der Waals surface area contributed by atoms with E-state index in [1.54, 1.807) is 0 Å². The minimum Gasteiger partial charge on any atom is -0.396 e. The quantitative estimate of drug-likeness (QED) is 0.609. The standard InChI is InChI=1S/C9H22N2O.C3H8/c1-3-10-6-8-11(4-2)7-5-9-12;1-3-2/h10,12H,3-9H2,1-2H3;3H2,1-2H3. The van der Waals surface area contributed by atoms with Gasteiger partial charge in [0.25, 0.3) is 0 Å². The molecular weight excluding hydrogens is 188 g/mol. The Kier molecular flexibility index (Phi) is 18.8. The maximum atomic E-state index is 8.64. The second-order valence-corrected chi connectivity index (χ2v) is 3.57. The predicted octanol–water partition coefficient (Wildman–Crippen LogP) is 1.72. The summed E-state index contributed by atoms with van der Waals surface area (Å²) < 4.78 is 0. The number of aliphatic hydroxyl groups is 1. The zero-order valence-corrected chi connectivity index (χ0v) is 11.1. The van der Waals surface area contributed by atoms with Crippen LogP contribution in [0.15, 0.2) is 0 Å². The summed E-state index contributed by atoms with van der Waals surface area (Å²) in [5.74, 6) is 0. The molecule has 0 heterocycles. The van der Waals surface area contributed by atoms with Gasteiger partial charge >= 0.3 is 0 Å². The molecule has 0 aromatic carbocycles. The molecule has 0 rings (SSSR count). The summed E-state index contributed by atoms with van der Waals surface area (Å²) in [4.78, 5) is 2.35. The van der Waals surface area contributed by atoms with E-state index in [9.17, 15) is 0 Å². The molecule has 2 N–H and O–H groups in total. The summed E-state index contributed by atoms with van der Waals surface area (Å²) in [5.41, 5.74) is 0. The van der Waals surface area contributed by atoms with Crippen LogP contribution in [0, 0.1) is 0 Å². The fourth-order valence-corrected chi connectivity index (χ4v) is 1.14. The minimum atomic E-state index is 0.303. The van der Waals surface area contributed by atoms with Crippen molar-refractivity contribution in [2.75, 3.05) is 39.3 Å². The van der Waals surface area contributed by atoms with Gasteiger partial charge in [0.1, 0.15) is 0 Å². The molecule has 0 spiro atoms. The van der Waals surface area contributed by atoms with Crippen LogP contribution in [0.5, 0.6) is 0 Å². The van der Waals surface area contributed by atoms with Crippen LogP contribution in [0.3, 0.4) is 0 Å². The zero-order valence-electron chi connectivity index (χ0n) is 11.1. The lowest BCUT2D eigenvalue weighted by molar-refractivity contribution is 0.230. The largest absolute Gasteiger partial charge is 0.396 e. The molecule has 0 aliphatic carbocycles. The van der Waals surface area contributed by atoms with Crippen LogP contribution in [0.2, 0.25) is 0 Å². The van der Waals surface area contributed by atoms with Crippen LogP contribution in [-0.2, 0) is 0 Å². The van der Waals surface area contributed by atoms with Gasteiger partial charge in [-0.25, -0.2) is 0 Å². The highest BCUT2D eigenvalue weighted by atomic mass is 16.3. The Morgan fingerprint density at radius 2 is 1.67 bits per heavy atom. The molecule has 0 amide bonds. The zero-order chi connectivity index (χ0) is 11.9. The fraction of sp³-hybridized carbons (Fsp3) is 1.00. The van der Waals surface area contributed by atoms with Crippen LogP contribution in [-0.4, -0.2) is 49.3 Å². The molecule has 0 radical (unpaired) electrons. The topological polar surface area (TPSA) is 35.5 Å². The molecular formula is C12H30N2O. The molecule has 3 nitrogen and oxygen atoms in total. The van der Waals surface area contributed by atoms with Crippen LogP contribution in [0.25, 0.3) is 0 Å². The van der Waals surface area contributed by atoms with E-state index in [1.807, 2.05) is 0 Å². The number of likely N-dealkylation sites (N-methyl/N-ethyl adjacent to an activating group) is 2. The molecule has 0 bridgehead atoms. The predicted molar refractivity (Wildman–Crippen MR) is 68.3 cm³/mol. The van der Waals surface area contributed by atoms with Gasteiger partial charge in [0.15, 0.2) is 0 Å². The molecule has 0 aliphatic rings. The first-order valence-corrected chi connectivity index (χ1v) is 6.30. The summed E-state index contributed by atoms with van der Waals surface area (Å²) in [6.45, 7) is 14.1. The van der Waals surface area contributed by atoms with Gasteiger partial charge in [-0.3, -0.25) is 0 Å². The first-order valence-electron chi connectivity index (χ1n) is 6.30. The Morgan fingerprint density at radius 1 is 1.07 bits per heavy atom. The van der Waals surface area contributed by atoms with Crippen LogP contribution >= 0.6 is 0 Å². The molecule has 0 aromatic rings. The SMILES string of the molecule is CCC.CCNCCN(CC)CCCO. The highest BCUT2D eigenvalue weighted by Gasteiger charge is 1.99. The van der Waals surface area contributed by atoms with Crippen molar-refractivity contribution in [3.05, 3.63) is 0 Å². The summed E-state index contributed by atoms with van der Waals surface area (Å²) >= 11 is 0. The average Bonchev–Trinajstić information content (AvgIpc) is 2.24. The molecule has 0 aromatic heterocycles. The third kappa shape index (κ3) is 16.5. The van der Waals surface area contributed by atoms with Crippen molar-refractivity contribution < 1.29 is 5.11 Å². The second-order valence-electron chi connectivity index (χ2n) is 3.57. The Hall–Kier alpha value is -0.120. The molecule has 0 unspecified atom stereocenters. The summed E-state index contributed by atoms with van der Waals surface area (Å²) in [7, 11) is 0. The molecule has 0 saturated carbocycles. The normalized spacial score (nSPS) is 10.0. The Labute approximate surface area is 95.9 Å². The van der Waals surface area contributed by atoms with E-state index < -0.39 is 0 Å². The maximum Gasteiger partial charge on any atom is 0.0443 e. The highest BCUT2D eigenvalue weighted by Crippen LogP contribution is 1.89. The molecule has 0 aliphatic heterocycles. The lowest BCUT2D eigenvalue weighted by Crippen LogP contribution is -2.33. The van der Waals surface area contributed by atoms with E-state index in [0.717, 1.165) is 39.1 Å². The first-order chi connectivity index (χ1) is 7.26. The van der Waals surface area contributed by atoms with Crippen molar-refractivity contribution in [1.29, 1.82) is 0 Å². The number of hydrogen-bond acceptors (Lipinski definition) is 3. The maximum absolute atomic E-state index is 8.64. The van der Waals surface area contributed by atoms with E-state index >= 15 is 0 Å². The Morgan fingerprint density at radius 3 is 2.07 bits per heavy atom. The third-order valence-corrected chi connectivity index (χ3v) is 1.93. The number of rotatable bonds is 8. The van der Waals surface area contributed by atoms with Crippen molar-refractivity contribution >= 4 is 0 Å². The summed E-state index contributed by atoms with van der Waals surface area (Å²) in [6.07, 6.45) is 2.14. The number of hydrogen-bond donors (Lipinski definition) is 2. The average molecular weight is 218 g/mol. The molecule has 15 heavy (non-hydrogen) atoms. The van der Waals surface area contributed by atoms with Gasteiger partial charge in [-0.1, -0.05) is 34.1 Å². The third-order valence-electron chi connectivity index (χ3n) is 1.93. The number of nitrogens with zero attached hydrogens (tertiary/aromatic N) is 1. The van der Waals surface area contributed by atoms with Crippen LogP contribution < -0.4 is 5.32 Å². The molecule has 3 heteroatoms. The lowest BCUT2D eigenvalue weighted by atomic mass is 10.4. The summed E-state index contributed by atoms with van der Waals surface area (Å²) in [5, 5.41) is 11.9. The van der Waals surface area contributed by atoms with Gasteiger partial charge in [0, 0.05) is 26.2 Å². The first kappa shape index (κ1) is 17.3. The van der Waals surface area contributed by atoms with E-state index in [2.05, 4.69) is 37.9 Å². The Bertz CT molecular complexity index is 99.6. The van der Waals surface area contributed by atoms with Crippen LogP contribution in [0.4, 0.5) is 0 Å². The second kappa shape index (κ2) is 16.3. The van der Waals surface area contributed by atoms with E-state index in [-0.39, 0.29) is 0 Å². The summed E-state index contributed by atoms with van der Waals surface area (Å²) in [6, 6.07) is 0. The van der Waals surface area contributed by atoms with Crippen molar-refractivity contribution in [3.8, 4) is 0 Å². The van der Waals surface area contributed by atoms with E-state index in [0.29, 0.717) is 6.61 Å². The van der Waals surface area contributed by atoms with Gasteiger partial charge in [-0.2, -0.15) is 0 Å².